The summed E-state index contributed by atoms with van der Waals surface area (Å²) in [7, 11) is 0. The fraction of sp³-hybridized carbons (Fsp3) is 0.500. The molecule has 3 atom stereocenters. The van der Waals surface area contributed by atoms with Crippen LogP contribution in [0.15, 0.2) is 33.4 Å². The van der Waals surface area contributed by atoms with E-state index in [1.807, 2.05) is 0 Å². The Labute approximate surface area is 128 Å². The van der Waals surface area contributed by atoms with E-state index in [9.17, 15) is 10.5 Å². The zero-order valence-electron chi connectivity index (χ0n) is 11.5. The van der Waals surface area contributed by atoms with Crippen LogP contribution >= 0.6 is 11.8 Å². The van der Waals surface area contributed by atoms with Gasteiger partial charge >= 0.3 is 0 Å². The molecule has 4 rings (SSSR count). The molecule has 106 valence electrons. The van der Waals surface area contributed by atoms with Gasteiger partial charge in [0, 0.05) is 5.92 Å². The van der Waals surface area contributed by atoms with Gasteiger partial charge in [0.25, 0.3) is 0 Å². The fourth-order valence-corrected chi connectivity index (χ4v) is 5.56. The van der Waals surface area contributed by atoms with Gasteiger partial charge in [-0.25, -0.2) is 0 Å². The maximum Gasteiger partial charge on any atom is 0.0981 e. The van der Waals surface area contributed by atoms with Crippen molar-refractivity contribution in [2.75, 3.05) is 0 Å². The predicted octanol–water partition coefficient (Wildman–Crippen LogP) is 2.34. The van der Waals surface area contributed by atoms with Crippen molar-refractivity contribution in [1.82, 2.24) is 0 Å². The Kier molecular flexibility index (Phi) is 2.50. The first-order valence-electron chi connectivity index (χ1n) is 7.28. The minimum Gasteiger partial charge on any atom is -0.392 e. The van der Waals surface area contributed by atoms with E-state index in [1.165, 1.54) is 12.8 Å². The number of nitrogens with zero attached hydrogens (tertiary/aromatic N) is 2. The molecule has 0 saturated heterocycles. The van der Waals surface area contributed by atoms with Gasteiger partial charge in [-0.05, 0) is 42.4 Å². The second-order valence-electron chi connectivity index (χ2n) is 6.51. The second kappa shape index (κ2) is 4.08. The zero-order chi connectivity index (χ0) is 14.8. The van der Waals surface area contributed by atoms with E-state index in [1.54, 1.807) is 0 Å². The molecule has 2 fully saturated rings. The Bertz CT molecular complexity index is 663. The van der Waals surface area contributed by atoms with Gasteiger partial charge in [-0.15, -0.1) is 0 Å². The Morgan fingerprint density at radius 1 is 1.10 bits per heavy atom. The average molecular weight is 296 g/mol. The number of hydrogen-bond acceptors (Lipinski definition) is 5. The first-order valence-corrected chi connectivity index (χ1v) is 8.09. The number of allylic oxidation sites excluding steroid dienone is 4. The molecule has 21 heavy (non-hydrogen) atoms. The summed E-state index contributed by atoms with van der Waals surface area (Å²) in [5, 5.41) is 20.0. The molecule has 0 aromatic rings. The third-order valence-corrected chi connectivity index (χ3v) is 6.69. The highest BCUT2D eigenvalue weighted by molar-refractivity contribution is 8.06. The van der Waals surface area contributed by atoms with E-state index in [4.69, 9.17) is 11.5 Å². The summed E-state index contributed by atoms with van der Waals surface area (Å²) in [6, 6.07) is 4.48. The quantitative estimate of drug-likeness (QED) is 0.723. The SMILES string of the molecule is N#CC1=C(N)SC(N)=C(C#N)C1[C@@H]1C[C@H]2C=C[C@H]1C21CC1. The lowest BCUT2D eigenvalue weighted by atomic mass is 9.73. The van der Waals surface area contributed by atoms with Crippen LogP contribution in [0, 0.1) is 51.7 Å². The molecule has 2 bridgehead atoms. The molecule has 5 heteroatoms. The van der Waals surface area contributed by atoms with E-state index < -0.39 is 0 Å². The van der Waals surface area contributed by atoms with Gasteiger partial charge in [-0.1, -0.05) is 23.9 Å². The van der Waals surface area contributed by atoms with Crippen LogP contribution in [-0.2, 0) is 0 Å². The number of nitrogens with two attached hydrogens (primary N) is 2. The summed E-state index contributed by atoms with van der Waals surface area (Å²) >= 11 is 1.16. The molecule has 1 heterocycles. The van der Waals surface area contributed by atoms with Gasteiger partial charge in [0.05, 0.1) is 33.3 Å². The van der Waals surface area contributed by atoms with Gasteiger partial charge in [0.15, 0.2) is 0 Å². The van der Waals surface area contributed by atoms with Crippen LogP contribution in [0.4, 0.5) is 0 Å². The first kappa shape index (κ1) is 12.9. The molecular weight excluding hydrogens is 280 g/mol. The van der Waals surface area contributed by atoms with Crippen molar-refractivity contribution < 1.29 is 0 Å². The standard InChI is InChI=1S/C16H16N4S/c17-6-10-13(11(7-18)15(20)21-14(10)19)9-5-8-1-2-12(9)16(8)3-4-16/h1-2,8-9,12-13H,3-5,19-20H2/t8-,9-,12-/m1/s1. The predicted molar refractivity (Wildman–Crippen MR) is 80.6 cm³/mol. The van der Waals surface area contributed by atoms with Gasteiger partial charge in [-0.3, -0.25) is 0 Å². The summed E-state index contributed by atoms with van der Waals surface area (Å²) in [5.74, 6) is 1.18. The molecule has 0 aromatic heterocycles. The van der Waals surface area contributed by atoms with E-state index in [0.717, 1.165) is 18.2 Å². The minimum absolute atomic E-state index is 0.210. The molecule has 4 N–H and O–H groups in total. The van der Waals surface area contributed by atoms with E-state index in [-0.39, 0.29) is 5.92 Å². The smallest absolute Gasteiger partial charge is 0.0981 e. The van der Waals surface area contributed by atoms with Crippen LogP contribution in [0.3, 0.4) is 0 Å². The summed E-state index contributed by atoms with van der Waals surface area (Å²) in [6.07, 6.45) is 8.24. The van der Waals surface area contributed by atoms with Crippen LogP contribution < -0.4 is 11.5 Å². The lowest BCUT2D eigenvalue weighted by Gasteiger charge is -2.32. The van der Waals surface area contributed by atoms with Crippen LogP contribution in [0.5, 0.6) is 0 Å². The number of hydrogen-bond donors (Lipinski definition) is 2. The normalized spacial score (nSPS) is 36.2. The number of thioether (sulfide) groups is 1. The van der Waals surface area contributed by atoms with Gasteiger partial charge in [0.1, 0.15) is 0 Å². The first-order chi connectivity index (χ1) is 10.1. The summed E-state index contributed by atoms with van der Waals surface area (Å²) in [6.45, 7) is 0. The molecule has 3 aliphatic carbocycles. The maximum absolute atomic E-state index is 9.52. The summed E-state index contributed by atoms with van der Waals surface area (Å²) in [5.41, 5.74) is 13.6. The number of rotatable bonds is 1. The third kappa shape index (κ3) is 1.50. The molecule has 0 unspecified atom stereocenters. The van der Waals surface area contributed by atoms with E-state index in [2.05, 4.69) is 24.3 Å². The highest BCUT2D eigenvalue weighted by Gasteiger charge is 2.64. The highest BCUT2D eigenvalue weighted by Crippen LogP contribution is 2.72. The Hall–Kier alpha value is -1.85. The van der Waals surface area contributed by atoms with Crippen molar-refractivity contribution >= 4 is 11.8 Å². The monoisotopic (exact) mass is 296 g/mol. The van der Waals surface area contributed by atoms with Crippen LogP contribution in [-0.4, -0.2) is 0 Å². The summed E-state index contributed by atoms with van der Waals surface area (Å²) in [4.78, 5) is 0. The molecule has 4 aliphatic rings. The Morgan fingerprint density at radius 3 is 2.19 bits per heavy atom. The van der Waals surface area contributed by atoms with Gasteiger partial charge in [-0.2, -0.15) is 10.5 Å². The van der Waals surface area contributed by atoms with Crippen LogP contribution in [0.25, 0.3) is 0 Å². The fourth-order valence-electron chi connectivity index (χ4n) is 4.76. The lowest BCUT2D eigenvalue weighted by Crippen LogP contribution is -2.29. The average Bonchev–Trinajstić information content (AvgIpc) is 3.13. The molecule has 0 radical (unpaired) electrons. The molecule has 2 saturated carbocycles. The Balaban J connectivity index is 1.79. The van der Waals surface area contributed by atoms with Crippen molar-refractivity contribution in [3.05, 3.63) is 33.4 Å². The second-order valence-corrected chi connectivity index (χ2v) is 7.59. The van der Waals surface area contributed by atoms with E-state index >= 15 is 0 Å². The molecule has 1 spiro atoms. The molecule has 1 aliphatic heterocycles. The molecular formula is C16H16N4S. The molecule has 0 aromatic carbocycles. The molecule has 0 amide bonds. The van der Waals surface area contributed by atoms with Crippen LogP contribution in [0.2, 0.25) is 0 Å². The highest BCUT2D eigenvalue weighted by atomic mass is 32.2. The minimum atomic E-state index is -0.210. The van der Waals surface area contributed by atoms with E-state index in [0.29, 0.717) is 44.4 Å². The summed E-state index contributed by atoms with van der Waals surface area (Å²) < 4.78 is 0. The lowest BCUT2D eigenvalue weighted by molar-refractivity contribution is 0.322. The zero-order valence-corrected chi connectivity index (χ0v) is 12.4. The van der Waals surface area contributed by atoms with Gasteiger partial charge < -0.3 is 11.5 Å². The topological polar surface area (TPSA) is 99.6 Å². The Morgan fingerprint density at radius 2 is 1.71 bits per heavy atom. The van der Waals surface area contributed by atoms with Crippen LogP contribution in [0.1, 0.15) is 19.3 Å². The van der Waals surface area contributed by atoms with Crippen molar-refractivity contribution in [2.24, 2.45) is 40.6 Å². The van der Waals surface area contributed by atoms with Crippen molar-refractivity contribution in [3.8, 4) is 12.1 Å². The number of nitriles is 2. The largest absolute Gasteiger partial charge is 0.392 e. The van der Waals surface area contributed by atoms with Crippen molar-refractivity contribution in [2.45, 2.75) is 19.3 Å². The molecule has 4 nitrogen and oxygen atoms in total. The van der Waals surface area contributed by atoms with Crippen molar-refractivity contribution in [3.63, 3.8) is 0 Å². The third-order valence-electron chi connectivity index (χ3n) is 5.81. The van der Waals surface area contributed by atoms with Crippen molar-refractivity contribution in [1.29, 1.82) is 10.5 Å². The van der Waals surface area contributed by atoms with Gasteiger partial charge in [0.2, 0.25) is 0 Å². The maximum atomic E-state index is 9.52.